The van der Waals surface area contributed by atoms with Gasteiger partial charge in [0.25, 0.3) is 0 Å². The Morgan fingerprint density at radius 1 is 1.33 bits per heavy atom. The highest BCUT2D eigenvalue weighted by molar-refractivity contribution is 5.57. The summed E-state index contributed by atoms with van der Waals surface area (Å²) in [6.45, 7) is 3.40. The molecule has 0 saturated heterocycles. The molecule has 2 aliphatic carbocycles. The van der Waals surface area contributed by atoms with Crippen LogP contribution in [-0.4, -0.2) is 28.0 Å². The molecule has 2 fully saturated rings. The van der Waals surface area contributed by atoms with Crippen LogP contribution in [0, 0.1) is 27.9 Å². The van der Waals surface area contributed by atoms with E-state index in [4.69, 9.17) is 0 Å². The first-order chi connectivity index (χ1) is 10.2. The average molecular weight is 291 g/mol. The molecule has 0 aliphatic heterocycles. The normalized spacial score (nSPS) is 17.8. The Bertz CT molecular complexity index is 516. The molecule has 7 nitrogen and oxygen atoms in total. The van der Waals surface area contributed by atoms with Crippen molar-refractivity contribution in [2.75, 3.05) is 23.7 Å². The van der Waals surface area contributed by atoms with E-state index in [-0.39, 0.29) is 5.69 Å². The molecule has 7 heteroatoms. The van der Waals surface area contributed by atoms with E-state index in [0.29, 0.717) is 24.2 Å². The number of aromatic nitrogens is 2. The van der Waals surface area contributed by atoms with Crippen LogP contribution in [0.3, 0.4) is 0 Å². The summed E-state index contributed by atoms with van der Waals surface area (Å²) in [5.74, 6) is 3.01. The highest BCUT2D eigenvalue weighted by Crippen LogP contribution is 2.49. The fourth-order valence-electron chi connectivity index (χ4n) is 2.86. The van der Waals surface area contributed by atoms with Crippen molar-refractivity contribution in [3.63, 3.8) is 0 Å². The van der Waals surface area contributed by atoms with E-state index >= 15 is 0 Å². The van der Waals surface area contributed by atoms with E-state index in [1.807, 2.05) is 6.92 Å². The first-order valence-corrected chi connectivity index (χ1v) is 7.68. The van der Waals surface area contributed by atoms with Crippen molar-refractivity contribution in [2.24, 2.45) is 17.8 Å². The first kappa shape index (κ1) is 14.0. The van der Waals surface area contributed by atoms with Gasteiger partial charge in [-0.15, -0.1) is 0 Å². The summed E-state index contributed by atoms with van der Waals surface area (Å²) in [5, 5.41) is 17.3. The second-order valence-electron chi connectivity index (χ2n) is 5.93. The quantitative estimate of drug-likeness (QED) is 0.565. The van der Waals surface area contributed by atoms with Gasteiger partial charge < -0.3 is 10.6 Å². The minimum absolute atomic E-state index is 0.0537. The molecule has 1 heterocycles. The van der Waals surface area contributed by atoms with Gasteiger partial charge in [-0.1, -0.05) is 0 Å². The van der Waals surface area contributed by atoms with Crippen molar-refractivity contribution >= 4 is 17.5 Å². The lowest BCUT2D eigenvalue weighted by molar-refractivity contribution is -0.384. The smallest absolute Gasteiger partial charge is 0.329 e. The summed E-state index contributed by atoms with van der Waals surface area (Å²) < 4.78 is 0. The molecule has 0 radical (unpaired) electrons. The molecule has 0 atom stereocenters. The van der Waals surface area contributed by atoms with Crippen molar-refractivity contribution in [2.45, 2.75) is 32.6 Å². The summed E-state index contributed by atoms with van der Waals surface area (Å²) in [5.41, 5.74) is -0.0537. The lowest BCUT2D eigenvalue weighted by atomic mass is 9.98. The molecule has 2 saturated carbocycles. The fraction of sp³-hybridized carbons (Fsp3) is 0.714. The predicted octanol–water partition coefficient (Wildman–Crippen LogP) is 2.66. The Morgan fingerprint density at radius 3 is 2.52 bits per heavy atom. The SMILES string of the molecule is CCNc1ncc([N+](=O)[O-])c(NCC(C2CC2)C2CC2)n1. The zero-order valence-corrected chi connectivity index (χ0v) is 12.2. The van der Waals surface area contributed by atoms with Crippen LogP contribution in [0.1, 0.15) is 32.6 Å². The Hall–Kier alpha value is -1.92. The third kappa shape index (κ3) is 3.40. The van der Waals surface area contributed by atoms with Gasteiger partial charge in [0.15, 0.2) is 0 Å². The van der Waals surface area contributed by atoms with Crippen molar-refractivity contribution in [3.05, 3.63) is 16.3 Å². The van der Waals surface area contributed by atoms with Gasteiger partial charge in [0.2, 0.25) is 11.8 Å². The molecule has 3 rings (SSSR count). The molecular formula is C14H21N5O2. The van der Waals surface area contributed by atoms with Crippen molar-refractivity contribution < 1.29 is 4.92 Å². The van der Waals surface area contributed by atoms with Crippen LogP contribution < -0.4 is 10.6 Å². The Balaban J connectivity index is 1.72. The van der Waals surface area contributed by atoms with Crippen molar-refractivity contribution in [1.29, 1.82) is 0 Å². The van der Waals surface area contributed by atoms with Gasteiger partial charge >= 0.3 is 5.69 Å². The van der Waals surface area contributed by atoms with Crippen LogP contribution in [0.2, 0.25) is 0 Å². The molecule has 2 N–H and O–H groups in total. The number of hydrogen-bond acceptors (Lipinski definition) is 6. The van der Waals surface area contributed by atoms with Gasteiger partial charge in [-0.3, -0.25) is 10.1 Å². The van der Waals surface area contributed by atoms with E-state index in [2.05, 4.69) is 20.6 Å². The van der Waals surface area contributed by atoms with E-state index in [1.165, 1.54) is 31.9 Å². The van der Waals surface area contributed by atoms with E-state index < -0.39 is 4.92 Å². The third-order valence-corrected chi connectivity index (χ3v) is 4.26. The lowest BCUT2D eigenvalue weighted by Crippen LogP contribution is -2.20. The maximum absolute atomic E-state index is 11.1. The van der Waals surface area contributed by atoms with Crippen molar-refractivity contribution in [3.8, 4) is 0 Å². The predicted molar refractivity (Wildman–Crippen MR) is 80.3 cm³/mol. The summed E-state index contributed by atoms with van der Waals surface area (Å²) >= 11 is 0. The molecule has 2 aliphatic rings. The monoisotopic (exact) mass is 291 g/mol. The van der Waals surface area contributed by atoms with Crippen LogP contribution in [-0.2, 0) is 0 Å². The summed E-state index contributed by atoms with van der Waals surface area (Å²) in [4.78, 5) is 18.9. The number of nitrogens with one attached hydrogen (secondary N) is 2. The zero-order chi connectivity index (χ0) is 14.8. The second kappa shape index (κ2) is 5.83. The van der Waals surface area contributed by atoms with E-state index in [9.17, 15) is 10.1 Å². The van der Waals surface area contributed by atoms with E-state index in [1.54, 1.807) is 0 Å². The third-order valence-electron chi connectivity index (χ3n) is 4.26. The molecule has 1 aromatic rings. The Kier molecular flexibility index (Phi) is 3.90. The molecular weight excluding hydrogens is 270 g/mol. The Morgan fingerprint density at radius 2 is 2.00 bits per heavy atom. The number of anilines is 2. The minimum Gasteiger partial charge on any atom is -0.364 e. The first-order valence-electron chi connectivity index (χ1n) is 7.68. The molecule has 1 aromatic heterocycles. The molecule has 0 spiro atoms. The molecule has 0 aromatic carbocycles. The largest absolute Gasteiger partial charge is 0.364 e. The van der Waals surface area contributed by atoms with Crippen LogP contribution in [0.4, 0.5) is 17.5 Å². The fourth-order valence-corrected chi connectivity index (χ4v) is 2.86. The zero-order valence-electron chi connectivity index (χ0n) is 12.2. The van der Waals surface area contributed by atoms with Gasteiger partial charge in [-0.05, 0) is 50.4 Å². The van der Waals surface area contributed by atoms with Crippen LogP contribution >= 0.6 is 0 Å². The topological polar surface area (TPSA) is 93.0 Å². The second-order valence-corrected chi connectivity index (χ2v) is 5.93. The molecule has 0 unspecified atom stereocenters. The highest BCUT2D eigenvalue weighted by Gasteiger charge is 2.41. The van der Waals surface area contributed by atoms with Crippen LogP contribution in [0.5, 0.6) is 0 Å². The number of hydrogen-bond donors (Lipinski definition) is 2. The van der Waals surface area contributed by atoms with Gasteiger partial charge in [-0.25, -0.2) is 4.98 Å². The lowest BCUT2D eigenvalue weighted by Gasteiger charge is -2.16. The number of rotatable bonds is 8. The average Bonchev–Trinajstić information content (AvgIpc) is 3.33. The maximum Gasteiger partial charge on any atom is 0.329 e. The summed E-state index contributed by atoms with van der Waals surface area (Å²) in [6, 6.07) is 0. The minimum atomic E-state index is -0.429. The molecule has 21 heavy (non-hydrogen) atoms. The van der Waals surface area contributed by atoms with Crippen molar-refractivity contribution in [1.82, 2.24) is 9.97 Å². The Labute approximate surface area is 123 Å². The van der Waals surface area contributed by atoms with Gasteiger partial charge in [0, 0.05) is 13.1 Å². The van der Waals surface area contributed by atoms with Crippen LogP contribution in [0.15, 0.2) is 6.20 Å². The number of nitro groups is 1. The molecule has 114 valence electrons. The molecule has 0 bridgehead atoms. The van der Waals surface area contributed by atoms with Gasteiger partial charge in [-0.2, -0.15) is 4.98 Å². The van der Waals surface area contributed by atoms with Crippen LogP contribution in [0.25, 0.3) is 0 Å². The van der Waals surface area contributed by atoms with Gasteiger partial charge in [0.1, 0.15) is 6.20 Å². The van der Waals surface area contributed by atoms with Gasteiger partial charge in [0.05, 0.1) is 4.92 Å². The molecule has 0 amide bonds. The van der Waals surface area contributed by atoms with E-state index in [0.717, 1.165) is 18.4 Å². The standard InChI is InChI=1S/C14H21N5O2/c1-2-15-14-17-8-12(19(20)21)13(18-14)16-7-11(9-3-4-9)10-5-6-10/h8-11H,2-7H2,1H3,(H2,15,16,17,18). The number of nitrogens with zero attached hydrogens (tertiary/aromatic N) is 3. The highest BCUT2D eigenvalue weighted by atomic mass is 16.6. The summed E-state index contributed by atoms with van der Waals surface area (Å²) in [7, 11) is 0. The maximum atomic E-state index is 11.1. The summed E-state index contributed by atoms with van der Waals surface area (Å²) in [6.07, 6.45) is 6.49.